The number of hydrogen-bond donors (Lipinski definition) is 0. The van der Waals surface area contributed by atoms with Crippen molar-refractivity contribution in [3.63, 3.8) is 0 Å². The molecule has 0 bridgehead atoms. The van der Waals surface area contributed by atoms with E-state index in [1.807, 2.05) is 4.90 Å². The summed E-state index contributed by atoms with van der Waals surface area (Å²) in [5.74, 6) is 0.385. The first-order chi connectivity index (χ1) is 11.8. The Hall–Kier alpha value is -1.39. The first kappa shape index (κ1) is 19.9. The Kier molecular flexibility index (Phi) is 7.03. The molecule has 0 aromatic heterocycles. The summed E-state index contributed by atoms with van der Waals surface area (Å²) < 4.78 is 0. The molecule has 0 N–H and O–H groups in total. The Morgan fingerprint density at radius 3 is 1.80 bits per heavy atom. The lowest BCUT2D eigenvalue weighted by Gasteiger charge is -2.26. The highest BCUT2D eigenvalue weighted by atomic mass is 16.2. The molecule has 1 aliphatic carbocycles. The molecule has 0 radical (unpaired) electrons. The van der Waals surface area contributed by atoms with E-state index in [-0.39, 0.29) is 36.1 Å². The van der Waals surface area contributed by atoms with E-state index in [1.54, 1.807) is 0 Å². The molecule has 2 rings (SSSR count). The van der Waals surface area contributed by atoms with E-state index in [1.165, 1.54) is 4.90 Å². The summed E-state index contributed by atoms with van der Waals surface area (Å²) >= 11 is 0. The Bertz CT molecular complexity index is 465. The molecule has 0 spiro atoms. The molecule has 0 aromatic rings. The van der Waals surface area contributed by atoms with Crippen LogP contribution in [0, 0.1) is 23.7 Å². The molecule has 2 fully saturated rings. The number of fused-ring (bicyclic) bond motifs is 1. The van der Waals surface area contributed by atoms with E-state index in [4.69, 9.17) is 0 Å². The van der Waals surface area contributed by atoms with Gasteiger partial charge in [-0.2, -0.15) is 0 Å². The summed E-state index contributed by atoms with van der Waals surface area (Å²) in [6.07, 6.45) is 5.50. The van der Waals surface area contributed by atoms with Crippen LogP contribution < -0.4 is 0 Å². The van der Waals surface area contributed by atoms with Gasteiger partial charge in [-0.15, -0.1) is 0 Å². The molecule has 2 aliphatic rings. The van der Waals surface area contributed by atoms with E-state index < -0.39 is 0 Å². The quantitative estimate of drug-likeness (QED) is 0.632. The molecule has 1 aliphatic heterocycles. The molecule has 25 heavy (non-hydrogen) atoms. The van der Waals surface area contributed by atoms with Gasteiger partial charge >= 0.3 is 0 Å². The Labute approximate surface area is 152 Å². The summed E-state index contributed by atoms with van der Waals surface area (Å²) in [5, 5.41) is 0. The van der Waals surface area contributed by atoms with Gasteiger partial charge in [-0.1, -0.05) is 40.5 Å². The van der Waals surface area contributed by atoms with Crippen LogP contribution in [0.2, 0.25) is 0 Å². The third-order valence-electron chi connectivity index (χ3n) is 5.53. The van der Waals surface area contributed by atoms with E-state index in [9.17, 15) is 14.4 Å². The molecule has 3 amide bonds. The number of likely N-dealkylation sites (tertiary alicyclic amines) is 1. The molecular weight excluding hydrogens is 316 g/mol. The van der Waals surface area contributed by atoms with Gasteiger partial charge in [0.1, 0.15) is 6.54 Å². The van der Waals surface area contributed by atoms with Crippen molar-refractivity contribution in [2.75, 3.05) is 19.6 Å². The first-order valence-corrected chi connectivity index (χ1v) is 9.94. The van der Waals surface area contributed by atoms with E-state index in [2.05, 4.69) is 27.7 Å². The van der Waals surface area contributed by atoms with Gasteiger partial charge in [0.2, 0.25) is 17.7 Å². The second-order valence-corrected chi connectivity index (χ2v) is 8.51. The minimum atomic E-state index is -0.172. The summed E-state index contributed by atoms with van der Waals surface area (Å²) in [6, 6.07) is 0. The van der Waals surface area contributed by atoms with Crippen molar-refractivity contribution in [3.05, 3.63) is 0 Å². The van der Waals surface area contributed by atoms with Gasteiger partial charge in [0.05, 0.1) is 11.8 Å². The minimum Gasteiger partial charge on any atom is -0.341 e. The molecule has 1 saturated heterocycles. The maximum atomic E-state index is 12.8. The van der Waals surface area contributed by atoms with Gasteiger partial charge < -0.3 is 4.90 Å². The summed E-state index contributed by atoms with van der Waals surface area (Å²) in [5.41, 5.74) is 0. The van der Waals surface area contributed by atoms with Gasteiger partial charge in [-0.25, -0.2) is 0 Å². The fourth-order valence-corrected chi connectivity index (χ4v) is 3.81. The first-order valence-electron chi connectivity index (χ1n) is 9.94. The topological polar surface area (TPSA) is 57.7 Å². The smallest absolute Gasteiger partial charge is 0.242 e. The number of carbonyl (C=O) groups is 3. The van der Waals surface area contributed by atoms with Crippen molar-refractivity contribution in [1.29, 1.82) is 0 Å². The third-order valence-corrected chi connectivity index (χ3v) is 5.53. The fourth-order valence-electron chi connectivity index (χ4n) is 3.81. The van der Waals surface area contributed by atoms with Gasteiger partial charge in [-0.3, -0.25) is 19.3 Å². The molecule has 2 atom stereocenters. The minimum absolute atomic E-state index is 0.0686. The number of imide groups is 1. The number of carbonyl (C=O) groups excluding carboxylic acids is 3. The SMILES string of the molecule is CC(C)CCN(CCC(C)C)C(=O)CN1C(=O)C2CCCCC2C1=O. The van der Waals surface area contributed by atoms with Gasteiger partial charge in [0, 0.05) is 13.1 Å². The molecule has 5 heteroatoms. The number of nitrogens with zero attached hydrogens (tertiary/aromatic N) is 2. The van der Waals surface area contributed by atoms with Gasteiger partial charge in [0.15, 0.2) is 0 Å². The second-order valence-electron chi connectivity index (χ2n) is 8.51. The lowest BCUT2D eigenvalue weighted by molar-refractivity contribution is -0.146. The molecule has 0 aromatic carbocycles. The predicted molar refractivity (Wildman–Crippen MR) is 97.7 cm³/mol. The highest BCUT2D eigenvalue weighted by Gasteiger charge is 2.48. The predicted octanol–water partition coefficient (Wildman–Crippen LogP) is 3.08. The van der Waals surface area contributed by atoms with E-state index in [0.717, 1.165) is 38.5 Å². The molecule has 2 unspecified atom stereocenters. The van der Waals surface area contributed by atoms with Gasteiger partial charge in [-0.05, 0) is 37.5 Å². The molecular formula is C20H34N2O3. The van der Waals surface area contributed by atoms with Crippen molar-refractivity contribution in [2.24, 2.45) is 23.7 Å². The van der Waals surface area contributed by atoms with Crippen LogP contribution in [0.4, 0.5) is 0 Å². The Morgan fingerprint density at radius 2 is 1.40 bits per heavy atom. The van der Waals surface area contributed by atoms with Crippen LogP contribution in [0.1, 0.15) is 66.2 Å². The lowest BCUT2D eigenvalue weighted by Crippen LogP contribution is -2.44. The number of amides is 3. The van der Waals surface area contributed by atoms with E-state index >= 15 is 0 Å². The Balaban J connectivity index is 2.00. The zero-order valence-corrected chi connectivity index (χ0v) is 16.3. The maximum absolute atomic E-state index is 12.8. The largest absolute Gasteiger partial charge is 0.341 e. The maximum Gasteiger partial charge on any atom is 0.242 e. The van der Waals surface area contributed by atoms with Crippen LogP contribution in [0.3, 0.4) is 0 Å². The summed E-state index contributed by atoms with van der Waals surface area (Å²) in [7, 11) is 0. The highest BCUT2D eigenvalue weighted by Crippen LogP contribution is 2.37. The standard InChI is InChI=1S/C20H34N2O3/c1-14(2)9-11-21(12-10-15(3)4)18(23)13-22-19(24)16-7-5-6-8-17(16)20(22)25/h14-17H,5-13H2,1-4H3. The van der Waals surface area contributed by atoms with Crippen molar-refractivity contribution in [3.8, 4) is 0 Å². The Morgan fingerprint density at radius 1 is 0.960 bits per heavy atom. The molecule has 5 nitrogen and oxygen atoms in total. The van der Waals surface area contributed by atoms with Crippen LogP contribution in [-0.2, 0) is 14.4 Å². The second kappa shape index (κ2) is 8.81. The van der Waals surface area contributed by atoms with Crippen LogP contribution in [0.25, 0.3) is 0 Å². The van der Waals surface area contributed by atoms with Crippen LogP contribution in [0.5, 0.6) is 0 Å². The summed E-state index contributed by atoms with van der Waals surface area (Å²) in [4.78, 5) is 41.1. The van der Waals surface area contributed by atoms with Crippen LogP contribution in [-0.4, -0.2) is 47.2 Å². The fraction of sp³-hybridized carbons (Fsp3) is 0.850. The van der Waals surface area contributed by atoms with Crippen LogP contribution in [0.15, 0.2) is 0 Å². The van der Waals surface area contributed by atoms with Gasteiger partial charge in [0.25, 0.3) is 0 Å². The van der Waals surface area contributed by atoms with Crippen molar-refractivity contribution in [2.45, 2.75) is 66.2 Å². The number of hydrogen-bond acceptors (Lipinski definition) is 3. The zero-order chi connectivity index (χ0) is 18.6. The molecule has 142 valence electrons. The van der Waals surface area contributed by atoms with Crippen LogP contribution >= 0.6 is 0 Å². The average Bonchev–Trinajstić information content (AvgIpc) is 2.79. The molecule has 1 saturated carbocycles. The van der Waals surface area contributed by atoms with Crippen molar-refractivity contribution >= 4 is 17.7 Å². The molecule has 1 heterocycles. The normalized spacial score (nSPS) is 23.5. The van der Waals surface area contributed by atoms with Crippen molar-refractivity contribution < 1.29 is 14.4 Å². The van der Waals surface area contributed by atoms with Crippen molar-refractivity contribution in [1.82, 2.24) is 9.80 Å². The number of rotatable bonds is 8. The summed E-state index contributed by atoms with van der Waals surface area (Å²) in [6.45, 7) is 9.90. The lowest BCUT2D eigenvalue weighted by atomic mass is 9.81. The monoisotopic (exact) mass is 350 g/mol. The zero-order valence-electron chi connectivity index (χ0n) is 16.3. The average molecular weight is 351 g/mol. The van der Waals surface area contributed by atoms with E-state index in [0.29, 0.717) is 24.9 Å². The highest BCUT2D eigenvalue weighted by molar-refractivity contribution is 6.07. The third kappa shape index (κ3) is 5.05.